The highest BCUT2D eigenvalue weighted by atomic mass is 19.4. The van der Waals surface area contributed by atoms with Gasteiger partial charge in [0.05, 0.1) is 19.8 Å². The van der Waals surface area contributed by atoms with Gasteiger partial charge in [0.2, 0.25) is 5.91 Å². The molecule has 0 bridgehead atoms. The maximum Gasteiger partial charge on any atom is 0.416 e. The quantitative estimate of drug-likeness (QED) is 0.556. The summed E-state index contributed by atoms with van der Waals surface area (Å²) in [6.07, 6.45) is -3.98. The normalized spacial score (nSPS) is 20.3. The molecule has 1 amide bonds. The number of benzene rings is 2. The molecule has 1 atom stereocenters. The van der Waals surface area contributed by atoms with E-state index in [2.05, 4.69) is 0 Å². The zero-order valence-corrected chi connectivity index (χ0v) is 19.5. The summed E-state index contributed by atoms with van der Waals surface area (Å²) in [5, 5.41) is 0. The number of carbonyl (C=O) groups is 2. The van der Waals surface area contributed by atoms with Crippen LogP contribution in [-0.2, 0) is 15.8 Å². The molecule has 34 heavy (non-hydrogen) atoms. The van der Waals surface area contributed by atoms with Gasteiger partial charge in [0, 0.05) is 41.3 Å². The third-order valence-corrected chi connectivity index (χ3v) is 6.39. The molecule has 2 aliphatic rings. The fourth-order valence-electron chi connectivity index (χ4n) is 4.91. The van der Waals surface area contributed by atoms with Crippen LogP contribution in [-0.4, -0.2) is 25.9 Å². The smallest absolute Gasteiger partial charge is 0.416 e. The Morgan fingerprint density at radius 2 is 1.74 bits per heavy atom. The third-order valence-electron chi connectivity index (χ3n) is 6.39. The molecule has 1 heterocycles. The van der Waals surface area contributed by atoms with Crippen molar-refractivity contribution in [1.29, 1.82) is 0 Å². The average Bonchev–Trinajstić information content (AvgIpc) is 2.76. The molecule has 4 rings (SSSR count). The molecule has 0 saturated carbocycles. The molecule has 5 nitrogen and oxygen atoms in total. The van der Waals surface area contributed by atoms with Gasteiger partial charge in [-0.05, 0) is 48.2 Å². The van der Waals surface area contributed by atoms with Crippen LogP contribution < -0.4 is 14.4 Å². The van der Waals surface area contributed by atoms with E-state index in [1.165, 1.54) is 31.3 Å². The standard InChI is InChI=1S/C26H26F3NO4/c1-25(2)13-20-24(21(31)14-25)19(18-11-17(33-3)8-9-22(18)34-4)12-23(32)30(20)16-7-5-6-15(10-16)26(27,28)29/h5-11,19H,12-14H2,1-4H3. The molecule has 2 aromatic rings. The van der Waals surface area contributed by atoms with Gasteiger partial charge in [0.15, 0.2) is 5.78 Å². The van der Waals surface area contributed by atoms with Gasteiger partial charge in [-0.15, -0.1) is 0 Å². The second-order valence-electron chi connectivity index (χ2n) is 9.44. The van der Waals surface area contributed by atoms with E-state index in [1.807, 2.05) is 13.8 Å². The number of amides is 1. The molecule has 0 radical (unpaired) electrons. The largest absolute Gasteiger partial charge is 0.497 e. The monoisotopic (exact) mass is 473 g/mol. The van der Waals surface area contributed by atoms with Crippen LogP contribution in [0.5, 0.6) is 11.5 Å². The first-order valence-corrected chi connectivity index (χ1v) is 10.9. The van der Waals surface area contributed by atoms with Gasteiger partial charge in [-0.25, -0.2) is 0 Å². The lowest BCUT2D eigenvalue weighted by molar-refractivity contribution is -0.137. The number of Topliss-reactive ketones (excluding diaryl/α,β-unsaturated/α-hetero) is 1. The fraction of sp³-hybridized carbons (Fsp3) is 0.385. The van der Waals surface area contributed by atoms with Gasteiger partial charge >= 0.3 is 6.18 Å². The lowest BCUT2D eigenvalue weighted by atomic mass is 9.69. The lowest BCUT2D eigenvalue weighted by Gasteiger charge is -2.43. The number of hydrogen-bond acceptors (Lipinski definition) is 4. The average molecular weight is 473 g/mol. The summed E-state index contributed by atoms with van der Waals surface area (Å²) in [6.45, 7) is 3.83. The van der Waals surface area contributed by atoms with Crippen molar-refractivity contribution in [3.8, 4) is 11.5 Å². The first-order valence-electron chi connectivity index (χ1n) is 10.9. The molecule has 0 spiro atoms. The van der Waals surface area contributed by atoms with E-state index in [1.54, 1.807) is 18.2 Å². The predicted molar refractivity (Wildman–Crippen MR) is 121 cm³/mol. The van der Waals surface area contributed by atoms with E-state index in [4.69, 9.17) is 9.47 Å². The number of hydrogen-bond donors (Lipinski definition) is 0. The summed E-state index contributed by atoms with van der Waals surface area (Å²) in [5.74, 6) is -0.0212. The Hall–Kier alpha value is -3.29. The van der Waals surface area contributed by atoms with Crippen LogP contribution in [0, 0.1) is 5.41 Å². The van der Waals surface area contributed by atoms with E-state index in [0.717, 1.165) is 12.1 Å². The molecular weight excluding hydrogens is 447 g/mol. The Bertz CT molecular complexity index is 1180. The topological polar surface area (TPSA) is 55.8 Å². The summed E-state index contributed by atoms with van der Waals surface area (Å²) in [6, 6.07) is 9.86. The van der Waals surface area contributed by atoms with Gasteiger partial charge in [-0.2, -0.15) is 13.2 Å². The first kappa shape index (κ1) is 23.9. The molecule has 2 aromatic carbocycles. The summed E-state index contributed by atoms with van der Waals surface area (Å²) in [4.78, 5) is 28.2. The molecular formula is C26H26F3NO4. The van der Waals surface area contributed by atoms with E-state index in [-0.39, 0.29) is 30.2 Å². The minimum Gasteiger partial charge on any atom is -0.497 e. The molecule has 0 fully saturated rings. The SMILES string of the molecule is COc1ccc(OC)c(C2CC(=O)N(c3cccc(C(F)(F)F)c3)C3=C2C(=O)CC(C)(C)C3)c1. The van der Waals surface area contributed by atoms with Gasteiger partial charge in [-0.3, -0.25) is 14.5 Å². The fourth-order valence-corrected chi connectivity index (χ4v) is 4.91. The van der Waals surface area contributed by atoms with Crippen molar-refractivity contribution in [3.63, 3.8) is 0 Å². The zero-order chi connectivity index (χ0) is 24.8. The number of nitrogens with zero attached hydrogens (tertiary/aromatic N) is 1. The van der Waals surface area contributed by atoms with Gasteiger partial charge in [0.25, 0.3) is 0 Å². The van der Waals surface area contributed by atoms with E-state index in [0.29, 0.717) is 34.8 Å². The highest BCUT2D eigenvalue weighted by Crippen LogP contribution is 2.50. The summed E-state index contributed by atoms with van der Waals surface area (Å²) >= 11 is 0. The maximum absolute atomic E-state index is 13.5. The summed E-state index contributed by atoms with van der Waals surface area (Å²) in [7, 11) is 3.03. The van der Waals surface area contributed by atoms with E-state index >= 15 is 0 Å². The predicted octanol–water partition coefficient (Wildman–Crippen LogP) is 5.89. The number of alkyl halides is 3. The van der Waals surface area contributed by atoms with Crippen LogP contribution in [0.2, 0.25) is 0 Å². The van der Waals surface area contributed by atoms with E-state index in [9.17, 15) is 22.8 Å². The van der Waals surface area contributed by atoms with Crippen LogP contribution in [0.1, 0.15) is 50.2 Å². The zero-order valence-electron chi connectivity index (χ0n) is 19.5. The Morgan fingerprint density at radius 3 is 2.38 bits per heavy atom. The molecule has 0 N–H and O–H groups in total. The number of allylic oxidation sites excluding steroid dienone is 2. The van der Waals surface area contributed by atoms with Crippen molar-refractivity contribution >= 4 is 17.4 Å². The molecule has 1 unspecified atom stereocenters. The van der Waals surface area contributed by atoms with Crippen molar-refractivity contribution in [2.45, 2.75) is 45.2 Å². The van der Waals surface area contributed by atoms with Gasteiger partial charge in [0.1, 0.15) is 11.5 Å². The minimum absolute atomic E-state index is 0.0786. The number of ether oxygens (including phenoxy) is 2. The van der Waals surface area contributed by atoms with Gasteiger partial charge < -0.3 is 9.47 Å². The molecule has 180 valence electrons. The van der Waals surface area contributed by atoms with Gasteiger partial charge in [-0.1, -0.05) is 19.9 Å². The molecule has 0 aromatic heterocycles. The second kappa shape index (κ2) is 8.49. The third kappa shape index (κ3) is 4.29. The first-order chi connectivity index (χ1) is 15.9. The van der Waals surface area contributed by atoms with Crippen LogP contribution in [0.25, 0.3) is 0 Å². The van der Waals surface area contributed by atoms with Crippen LogP contribution in [0.15, 0.2) is 53.7 Å². The number of halogens is 3. The number of anilines is 1. The number of ketones is 1. The Kier molecular flexibility index (Phi) is 5.96. The van der Waals surface area contributed by atoms with Crippen molar-refractivity contribution in [2.75, 3.05) is 19.1 Å². The van der Waals surface area contributed by atoms with E-state index < -0.39 is 23.1 Å². The minimum atomic E-state index is -4.55. The van der Waals surface area contributed by atoms with Crippen molar-refractivity contribution < 1.29 is 32.2 Å². The number of methoxy groups -OCH3 is 2. The molecule has 1 aliphatic heterocycles. The maximum atomic E-state index is 13.5. The lowest BCUT2D eigenvalue weighted by Crippen LogP contribution is -2.43. The molecule has 0 saturated heterocycles. The molecule has 8 heteroatoms. The Labute approximate surface area is 196 Å². The van der Waals surface area contributed by atoms with Crippen molar-refractivity contribution in [3.05, 3.63) is 64.9 Å². The number of rotatable bonds is 4. The van der Waals surface area contributed by atoms with Crippen molar-refractivity contribution in [1.82, 2.24) is 0 Å². The van der Waals surface area contributed by atoms with Crippen LogP contribution >= 0.6 is 0 Å². The highest BCUT2D eigenvalue weighted by Gasteiger charge is 2.45. The Balaban J connectivity index is 1.93. The van der Waals surface area contributed by atoms with Crippen molar-refractivity contribution in [2.24, 2.45) is 5.41 Å². The highest BCUT2D eigenvalue weighted by molar-refractivity contribution is 6.08. The second-order valence-corrected chi connectivity index (χ2v) is 9.44. The summed E-state index contributed by atoms with van der Waals surface area (Å²) < 4.78 is 51.0. The summed E-state index contributed by atoms with van der Waals surface area (Å²) in [5.41, 5.74) is 0.344. The number of carbonyl (C=O) groups excluding carboxylic acids is 2. The molecule has 1 aliphatic carbocycles. The Morgan fingerprint density at radius 1 is 1.00 bits per heavy atom. The van der Waals surface area contributed by atoms with Crippen LogP contribution in [0.4, 0.5) is 18.9 Å². The van der Waals surface area contributed by atoms with Crippen LogP contribution in [0.3, 0.4) is 0 Å².